The molecule has 1 heterocycles. The summed E-state index contributed by atoms with van der Waals surface area (Å²) >= 11 is 0. The summed E-state index contributed by atoms with van der Waals surface area (Å²) in [6.07, 6.45) is 0.903. The smallest absolute Gasteiger partial charge is 0.409 e. The molecular weight excluding hydrogens is 380 g/mol. The van der Waals surface area contributed by atoms with Crippen LogP contribution in [0.4, 0.5) is 4.79 Å². The lowest BCUT2D eigenvalue weighted by molar-refractivity contribution is -0.125. The normalized spacial score (nSPS) is 14.1. The molecule has 0 spiro atoms. The molecule has 2 amide bonds. The highest BCUT2D eigenvalue weighted by Gasteiger charge is 2.25. The van der Waals surface area contributed by atoms with E-state index in [1.54, 1.807) is 24.0 Å². The van der Waals surface area contributed by atoms with E-state index in [-0.39, 0.29) is 30.2 Å². The summed E-state index contributed by atoms with van der Waals surface area (Å²) in [4.78, 5) is 37.6. The van der Waals surface area contributed by atoms with Gasteiger partial charge in [-0.05, 0) is 44.9 Å². The van der Waals surface area contributed by atoms with Gasteiger partial charge in [0, 0.05) is 19.1 Å². The van der Waals surface area contributed by atoms with Crippen LogP contribution in [0.2, 0.25) is 0 Å². The molecule has 0 aromatic heterocycles. The summed E-state index contributed by atoms with van der Waals surface area (Å²) in [6.45, 7) is 4.98. The van der Waals surface area contributed by atoms with Gasteiger partial charge < -0.3 is 29.2 Å². The molecule has 1 aromatic rings. The summed E-state index contributed by atoms with van der Waals surface area (Å²) in [5.74, 6) is -0.0649. The summed E-state index contributed by atoms with van der Waals surface area (Å²) in [7, 11) is 1.51. The van der Waals surface area contributed by atoms with Crippen molar-refractivity contribution >= 4 is 18.0 Å². The molecule has 0 unspecified atom stereocenters. The van der Waals surface area contributed by atoms with Gasteiger partial charge in [-0.1, -0.05) is 0 Å². The van der Waals surface area contributed by atoms with Crippen LogP contribution in [0, 0.1) is 0 Å². The molecule has 1 fully saturated rings. The Labute approximate surface area is 170 Å². The number of ether oxygens (including phenoxy) is 4. The molecule has 29 heavy (non-hydrogen) atoms. The van der Waals surface area contributed by atoms with Crippen molar-refractivity contribution in [3.8, 4) is 11.5 Å². The largest absolute Gasteiger partial charge is 0.493 e. The first-order valence-corrected chi connectivity index (χ1v) is 9.67. The monoisotopic (exact) mass is 408 g/mol. The number of carbonyl (C=O) groups is 3. The second-order valence-corrected chi connectivity index (χ2v) is 6.40. The molecule has 1 aliphatic rings. The molecule has 1 aliphatic heterocycles. The Morgan fingerprint density at radius 1 is 1.07 bits per heavy atom. The predicted octanol–water partition coefficient (Wildman–Crippen LogP) is 1.99. The molecule has 0 atom stereocenters. The zero-order valence-corrected chi connectivity index (χ0v) is 17.1. The molecule has 1 N–H and O–H groups in total. The number of piperidine rings is 1. The summed E-state index contributed by atoms with van der Waals surface area (Å²) in [6, 6.07) is 4.61. The number of hydrogen-bond donors (Lipinski definition) is 1. The fourth-order valence-corrected chi connectivity index (χ4v) is 2.98. The lowest BCUT2D eigenvalue weighted by atomic mass is 10.1. The van der Waals surface area contributed by atoms with Crippen LogP contribution >= 0.6 is 0 Å². The number of rotatable bonds is 8. The van der Waals surface area contributed by atoms with Gasteiger partial charge in [0.1, 0.15) is 0 Å². The van der Waals surface area contributed by atoms with E-state index >= 15 is 0 Å². The zero-order valence-electron chi connectivity index (χ0n) is 17.1. The van der Waals surface area contributed by atoms with Crippen molar-refractivity contribution in [3.05, 3.63) is 23.8 Å². The lowest BCUT2D eigenvalue weighted by Gasteiger charge is -2.31. The molecule has 9 nitrogen and oxygen atoms in total. The number of likely N-dealkylation sites (tertiary alicyclic amines) is 1. The minimum Gasteiger partial charge on any atom is -0.493 e. The average Bonchev–Trinajstić information content (AvgIpc) is 2.73. The van der Waals surface area contributed by atoms with Gasteiger partial charge in [-0.3, -0.25) is 4.79 Å². The zero-order chi connectivity index (χ0) is 21.2. The average molecular weight is 408 g/mol. The van der Waals surface area contributed by atoms with Gasteiger partial charge in [-0.15, -0.1) is 0 Å². The van der Waals surface area contributed by atoms with Crippen LogP contribution in [0.3, 0.4) is 0 Å². The van der Waals surface area contributed by atoms with Gasteiger partial charge in [-0.25, -0.2) is 9.59 Å². The Balaban J connectivity index is 1.79. The maximum atomic E-state index is 12.2. The highest BCUT2D eigenvalue weighted by molar-refractivity contribution is 5.92. The first-order chi connectivity index (χ1) is 14.0. The van der Waals surface area contributed by atoms with E-state index in [9.17, 15) is 14.4 Å². The third-order valence-corrected chi connectivity index (χ3v) is 4.42. The van der Waals surface area contributed by atoms with Crippen molar-refractivity contribution in [1.29, 1.82) is 0 Å². The molecule has 1 saturated heterocycles. The predicted molar refractivity (Wildman–Crippen MR) is 104 cm³/mol. The van der Waals surface area contributed by atoms with Crippen LogP contribution in [-0.2, 0) is 14.3 Å². The minimum atomic E-state index is -0.624. The van der Waals surface area contributed by atoms with Crippen LogP contribution in [0.25, 0.3) is 0 Å². The first kappa shape index (κ1) is 22.3. The second-order valence-electron chi connectivity index (χ2n) is 6.40. The van der Waals surface area contributed by atoms with Crippen molar-refractivity contribution in [2.75, 3.05) is 40.0 Å². The van der Waals surface area contributed by atoms with Crippen LogP contribution in [0.15, 0.2) is 18.2 Å². The number of hydrogen-bond acceptors (Lipinski definition) is 7. The molecule has 2 rings (SSSR count). The third-order valence-electron chi connectivity index (χ3n) is 4.42. The van der Waals surface area contributed by atoms with Gasteiger partial charge in [0.05, 0.1) is 25.9 Å². The fourth-order valence-electron chi connectivity index (χ4n) is 2.98. The van der Waals surface area contributed by atoms with E-state index in [1.807, 2.05) is 6.92 Å². The van der Waals surface area contributed by atoms with E-state index in [4.69, 9.17) is 18.9 Å². The van der Waals surface area contributed by atoms with Crippen LogP contribution in [-0.4, -0.2) is 68.9 Å². The van der Waals surface area contributed by atoms with E-state index in [1.165, 1.54) is 13.2 Å². The topological polar surface area (TPSA) is 103 Å². The Hall–Kier alpha value is -2.97. The Kier molecular flexibility index (Phi) is 8.57. The number of carbonyl (C=O) groups excluding carboxylic acids is 3. The van der Waals surface area contributed by atoms with Gasteiger partial charge in [0.25, 0.3) is 5.91 Å². The summed E-state index contributed by atoms with van der Waals surface area (Å²) in [5, 5.41) is 2.83. The maximum Gasteiger partial charge on any atom is 0.409 e. The van der Waals surface area contributed by atoms with Gasteiger partial charge in [-0.2, -0.15) is 0 Å². The van der Waals surface area contributed by atoms with Gasteiger partial charge in [0.2, 0.25) is 0 Å². The number of esters is 1. The Morgan fingerprint density at radius 2 is 1.79 bits per heavy atom. The molecule has 160 valence electrons. The number of nitrogens with zero attached hydrogens (tertiary/aromatic N) is 1. The second kappa shape index (κ2) is 11.1. The highest BCUT2D eigenvalue weighted by Crippen LogP contribution is 2.28. The number of benzene rings is 1. The van der Waals surface area contributed by atoms with E-state index in [0.717, 1.165) is 0 Å². The Morgan fingerprint density at radius 3 is 2.41 bits per heavy atom. The Bertz CT molecular complexity index is 715. The van der Waals surface area contributed by atoms with Crippen molar-refractivity contribution in [2.45, 2.75) is 32.7 Å². The third kappa shape index (κ3) is 6.55. The molecule has 1 aromatic carbocycles. The molecule has 9 heteroatoms. The van der Waals surface area contributed by atoms with Crippen molar-refractivity contribution in [1.82, 2.24) is 10.2 Å². The van der Waals surface area contributed by atoms with Gasteiger partial charge >= 0.3 is 12.1 Å². The standard InChI is InChI=1S/C20H28N2O7/c1-4-27-17-12-14(6-7-16(17)26-3)19(24)29-13-18(23)21-15-8-10-22(11-9-15)20(25)28-5-2/h6-7,12,15H,4-5,8-11,13H2,1-3H3,(H,21,23). The molecule has 0 saturated carbocycles. The number of methoxy groups -OCH3 is 1. The summed E-state index contributed by atoms with van der Waals surface area (Å²) < 4.78 is 20.7. The van der Waals surface area contributed by atoms with Crippen LogP contribution < -0.4 is 14.8 Å². The molecule has 0 radical (unpaired) electrons. The summed E-state index contributed by atoms with van der Waals surface area (Å²) in [5.41, 5.74) is 0.268. The molecule has 0 aliphatic carbocycles. The maximum absolute atomic E-state index is 12.2. The highest BCUT2D eigenvalue weighted by atomic mass is 16.6. The van der Waals surface area contributed by atoms with Crippen molar-refractivity contribution < 1.29 is 33.3 Å². The van der Waals surface area contributed by atoms with Crippen LogP contribution in [0.1, 0.15) is 37.0 Å². The van der Waals surface area contributed by atoms with Crippen molar-refractivity contribution in [3.63, 3.8) is 0 Å². The van der Waals surface area contributed by atoms with Crippen LogP contribution in [0.5, 0.6) is 11.5 Å². The van der Waals surface area contributed by atoms with E-state index < -0.39 is 5.97 Å². The fraction of sp³-hybridized carbons (Fsp3) is 0.550. The number of amides is 2. The molecule has 0 bridgehead atoms. The van der Waals surface area contributed by atoms with Crippen molar-refractivity contribution in [2.24, 2.45) is 0 Å². The first-order valence-electron chi connectivity index (χ1n) is 9.67. The lowest BCUT2D eigenvalue weighted by Crippen LogP contribution is -2.47. The molecular formula is C20H28N2O7. The quantitative estimate of drug-likeness (QED) is 0.656. The number of nitrogens with one attached hydrogen (secondary N) is 1. The van der Waals surface area contributed by atoms with E-state index in [0.29, 0.717) is 50.6 Å². The minimum absolute atomic E-state index is 0.0718. The van der Waals surface area contributed by atoms with Gasteiger partial charge in [0.15, 0.2) is 18.1 Å². The SMILES string of the molecule is CCOC(=O)N1CCC(NC(=O)COC(=O)c2ccc(OC)c(OCC)c2)CC1. The van der Waals surface area contributed by atoms with E-state index in [2.05, 4.69) is 5.32 Å².